The standard InChI is InChI=1S/C32H28FN5O4S/c1-3-27(39)37-17-22(18-37)38-16-20(4-7-28(38)40)31-29(23-6-5-21(33)15-25(23)42-12-11-41-2)32-24(9-13-43-32)30(36-31)19-8-10-35-26(34)14-19/h3-10,13-16,22H,1,11-12,17-18H2,2H3,(H2,34,35). The lowest BCUT2D eigenvalue weighted by Gasteiger charge is -2.39. The van der Waals surface area contributed by atoms with E-state index in [1.54, 1.807) is 47.2 Å². The van der Waals surface area contributed by atoms with Gasteiger partial charge < -0.3 is 24.7 Å². The Hall–Kier alpha value is -4.87. The Balaban J connectivity index is 1.58. The van der Waals surface area contributed by atoms with Crippen LogP contribution in [0.4, 0.5) is 10.2 Å². The molecule has 1 aromatic carbocycles. The monoisotopic (exact) mass is 597 g/mol. The van der Waals surface area contributed by atoms with Gasteiger partial charge in [-0.1, -0.05) is 6.58 Å². The number of nitrogens with zero attached hydrogens (tertiary/aromatic N) is 4. The zero-order chi connectivity index (χ0) is 30.1. The summed E-state index contributed by atoms with van der Waals surface area (Å²) in [5, 5.41) is 2.86. The van der Waals surface area contributed by atoms with Gasteiger partial charge in [0, 0.05) is 77.1 Å². The second-order valence-corrected chi connectivity index (χ2v) is 11.0. The van der Waals surface area contributed by atoms with E-state index in [1.807, 2.05) is 17.5 Å². The maximum Gasteiger partial charge on any atom is 0.250 e. The van der Waals surface area contributed by atoms with E-state index < -0.39 is 5.82 Å². The van der Waals surface area contributed by atoms with Crippen LogP contribution in [0.3, 0.4) is 0 Å². The Labute approximate surface area is 250 Å². The lowest BCUT2D eigenvalue weighted by Crippen LogP contribution is -2.52. The molecule has 1 amide bonds. The van der Waals surface area contributed by atoms with Crippen LogP contribution in [0.15, 0.2) is 83.8 Å². The molecule has 1 saturated heterocycles. The molecular formula is C32H28FN5O4S. The number of methoxy groups -OCH3 is 1. The largest absolute Gasteiger partial charge is 0.490 e. The van der Waals surface area contributed by atoms with Gasteiger partial charge in [0.05, 0.1) is 24.0 Å². The number of carbonyl (C=O) groups excluding carboxylic acids is 1. The molecule has 1 aliphatic rings. The number of anilines is 1. The maximum atomic E-state index is 14.5. The molecule has 0 aliphatic carbocycles. The molecule has 0 saturated carbocycles. The highest BCUT2D eigenvalue weighted by atomic mass is 32.1. The third kappa shape index (κ3) is 5.40. The first-order chi connectivity index (χ1) is 20.9. The van der Waals surface area contributed by atoms with E-state index in [4.69, 9.17) is 20.2 Å². The summed E-state index contributed by atoms with van der Waals surface area (Å²) in [7, 11) is 1.57. The molecule has 6 rings (SSSR count). The SMILES string of the molecule is C=CC(=O)N1CC(n2cc(-c3nc(-c4ccnc(N)c4)c4ccsc4c3-c3ccc(F)cc3OCCOC)ccc2=O)C1. The van der Waals surface area contributed by atoms with Crippen molar-refractivity contribution in [3.05, 3.63) is 95.1 Å². The number of ether oxygens (including phenoxy) is 2. The summed E-state index contributed by atoms with van der Waals surface area (Å²) in [5.41, 5.74) is 9.97. The first-order valence-electron chi connectivity index (χ1n) is 13.6. The molecule has 1 aliphatic heterocycles. The highest BCUT2D eigenvalue weighted by molar-refractivity contribution is 7.18. The van der Waals surface area contributed by atoms with Crippen molar-refractivity contribution in [2.75, 3.05) is 39.1 Å². The molecule has 0 spiro atoms. The summed E-state index contributed by atoms with van der Waals surface area (Å²) >= 11 is 1.52. The maximum absolute atomic E-state index is 14.5. The number of nitrogens with two attached hydrogens (primary N) is 1. The van der Waals surface area contributed by atoms with Crippen LogP contribution >= 0.6 is 11.3 Å². The molecule has 43 heavy (non-hydrogen) atoms. The highest BCUT2D eigenvalue weighted by Gasteiger charge is 2.31. The molecule has 5 heterocycles. The summed E-state index contributed by atoms with van der Waals surface area (Å²) in [4.78, 5) is 36.0. The Kier molecular flexibility index (Phi) is 7.75. The predicted octanol–water partition coefficient (Wildman–Crippen LogP) is 5.17. The predicted molar refractivity (Wildman–Crippen MR) is 166 cm³/mol. The molecular weight excluding hydrogens is 569 g/mol. The molecule has 4 aromatic heterocycles. The number of hydrogen-bond acceptors (Lipinski definition) is 8. The van der Waals surface area contributed by atoms with Gasteiger partial charge in [0.25, 0.3) is 5.56 Å². The first-order valence-corrected chi connectivity index (χ1v) is 14.4. The third-order valence-corrected chi connectivity index (χ3v) is 8.31. The quantitative estimate of drug-likeness (QED) is 0.184. The second-order valence-electron chi connectivity index (χ2n) is 10.1. The minimum absolute atomic E-state index is 0.175. The number of hydrogen-bond donors (Lipinski definition) is 1. The fourth-order valence-corrected chi connectivity index (χ4v) is 6.18. The number of halogens is 1. The average Bonchev–Trinajstić information content (AvgIpc) is 3.47. The topological polar surface area (TPSA) is 113 Å². The van der Waals surface area contributed by atoms with Crippen LogP contribution in [0.1, 0.15) is 6.04 Å². The van der Waals surface area contributed by atoms with E-state index >= 15 is 0 Å². The van der Waals surface area contributed by atoms with E-state index in [1.165, 1.54) is 35.6 Å². The summed E-state index contributed by atoms with van der Waals surface area (Å²) < 4.78 is 28.2. The van der Waals surface area contributed by atoms with Gasteiger partial charge in [-0.05, 0) is 47.9 Å². The van der Waals surface area contributed by atoms with Gasteiger partial charge in [-0.15, -0.1) is 11.3 Å². The van der Waals surface area contributed by atoms with Crippen molar-refractivity contribution in [3.8, 4) is 39.4 Å². The molecule has 218 valence electrons. The third-order valence-electron chi connectivity index (χ3n) is 7.37. The fourth-order valence-electron chi connectivity index (χ4n) is 5.23. The number of pyridine rings is 3. The van der Waals surface area contributed by atoms with Gasteiger partial charge in [-0.2, -0.15) is 0 Å². The Morgan fingerprint density at radius 3 is 2.74 bits per heavy atom. The number of rotatable bonds is 9. The van der Waals surface area contributed by atoms with Crippen LogP contribution in [0.25, 0.3) is 43.7 Å². The van der Waals surface area contributed by atoms with Crippen molar-refractivity contribution >= 4 is 33.1 Å². The summed E-state index contributed by atoms with van der Waals surface area (Å²) in [6.45, 7) is 4.90. The number of benzene rings is 1. The van der Waals surface area contributed by atoms with Gasteiger partial charge in [-0.25, -0.2) is 14.4 Å². The number of carbonyl (C=O) groups is 1. The van der Waals surface area contributed by atoms with E-state index in [0.717, 1.165) is 21.2 Å². The Morgan fingerprint density at radius 2 is 1.98 bits per heavy atom. The van der Waals surface area contributed by atoms with Crippen molar-refractivity contribution in [2.45, 2.75) is 6.04 Å². The summed E-state index contributed by atoms with van der Waals surface area (Å²) in [5.74, 6) is 0.0969. The van der Waals surface area contributed by atoms with Gasteiger partial charge in [0.15, 0.2) is 0 Å². The number of fused-ring (bicyclic) bond motifs is 1. The number of likely N-dealkylation sites (tertiary alicyclic amines) is 1. The second kappa shape index (κ2) is 11.8. The first kappa shape index (κ1) is 28.3. The molecule has 1 fully saturated rings. The molecule has 0 unspecified atom stereocenters. The van der Waals surface area contributed by atoms with Crippen molar-refractivity contribution in [3.63, 3.8) is 0 Å². The zero-order valence-corrected chi connectivity index (χ0v) is 24.1. The van der Waals surface area contributed by atoms with Crippen molar-refractivity contribution < 1.29 is 18.7 Å². The van der Waals surface area contributed by atoms with Gasteiger partial charge in [0.2, 0.25) is 5.91 Å². The minimum atomic E-state index is -0.436. The van der Waals surface area contributed by atoms with E-state index in [-0.39, 0.29) is 24.1 Å². The summed E-state index contributed by atoms with van der Waals surface area (Å²) in [6.07, 6.45) is 4.67. The van der Waals surface area contributed by atoms with Crippen molar-refractivity contribution in [2.24, 2.45) is 0 Å². The van der Waals surface area contributed by atoms with Crippen LogP contribution in [-0.2, 0) is 9.53 Å². The summed E-state index contributed by atoms with van der Waals surface area (Å²) in [6, 6.07) is 13.1. The average molecular weight is 598 g/mol. The highest BCUT2D eigenvalue weighted by Crippen LogP contribution is 2.46. The Bertz CT molecular complexity index is 1910. The van der Waals surface area contributed by atoms with E-state index in [0.29, 0.717) is 53.8 Å². The van der Waals surface area contributed by atoms with E-state index in [9.17, 15) is 14.0 Å². The normalized spacial score (nSPS) is 13.2. The molecule has 11 heteroatoms. The molecule has 0 radical (unpaired) electrons. The molecule has 5 aromatic rings. The molecule has 0 atom stereocenters. The number of amides is 1. The smallest absolute Gasteiger partial charge is 0.250 e. The van der Waals surface area contributed by atoms with Crippen LogP contribution in [-0.4, -0.2) is 58.8 Å². The fraction of sp³-hybridized carbons (Fsp3) is 0.188. The van der Waals surface area contributed by atoms with Crippen molar-refractivity contribution in [1.82, 2.24) is 19.4 Å². The minimum Gasteiger partial charge on any atom is -0.490 e. The number of nitrogen functional groups attached to an aromatic ring is 1. The van der Waals surface area contributed by atoms with Crippen LogP contribution < -0.4 is 16.0 Å². The van der Waals surface area contributed by atoms with Gasteiger partial charge >= 0.3 is 0 Å². The molecule has 2 N–H and O–H groups in total. The van der Waals surface area contributed by atoms with E-state index in [2.05, 4.69) is 11.6 Å². The number of aromatic nitrogens is 3. The van der Waals surface area contributed by atoms with Gasteiger partial charge in [-0.3, -0.25) is 9.59 Å². The van der Waals surface area contributed by atoms with Crippen LogP contribution in [0, 0.1) is 5.82 Å². The Morgan fingerprint density at radius 1 is 1.14 bits per heavy atom. The molecule has 9 nitrogen and oxygen atoms in total. The van der Waals surface area contributed by atoms with Crippen LogP contribution in [0.2, 0.25) is 0 Å². The zero-order valence-electron chi connectivity index (χ0n) is 23.3. The number of thiophene rings is 1. The molecule has 0 bridgehead atoms. The lowest BCUT2D eigenvalue weighted by atomic mass is 9.95. The lowest BCUT2D eigenvalue weighted by molar-refractivity contribution is -0.131. The van der Waals surface area contributed by atoms with Crippen LogP contribution in [0.5, 0.6) is 5.75 Å². The van der Waals surface area contributed by atoms with Crippen molar-refractivity contribution in [1.29, 1.82) is 0 Å². The van der Waals surface area contributed by atoms with Gasteiger partial charge in [0.1, 0.15) is 24.0 Å².